The average molecular weight is 344 g/mol. The van der Waals surface area contributed by atoms with Gasteiger partial charge in [0.1, 0.15) is 5.75 Å². The first kappa shape index (κ1) is 18.6. The molecule has 0 fully saturated rings. The Morgan fingerprint density at radius 2 is 1.52 bits per heavy atom. The number of hydrogen-bond acceptors (Lipinski definition) is 5. The van der Waals surface area contributed by atoms with E-state index in [9.17, 15) is 4.79 Å². The molecule has 25 heavy (non-hydrogen) atoms. The van der Waals surface area contributed by atoms with Crippen LogP contribution >= 0.6 is 0 Å². The first-order valence-electron chi connectivity index (χ1n) is 7.97. The van der Waals surface area contributed by atoms with Crippen molar-refractivity contribution in [2.45, 2.75) is 13.1 Å². The van der Waals surface area contributed by atoms with Crippen LogP contribution in [0.15, 0.2) is 42.5 Å². The van der Waals surface area contributed by atoms with Crippen LogP contribution in [-0.2, 0) is 17.9 Å². The third-order valence-corrected chi connectivity index (χ3v) is 3.71. The molecule has 0 unspecified atom stereocenters. The molecule has 0 saturated heterocycles. The smallest absolute Gasteiger partial charge is 0.234 e. The summed E-state index contributed by atoms with van der Waals surface area (Å²) in [5, 5.41) is 5.99. The average Bonchev–Trinajstić information content (AvgIpc) is 2.66. The second-order valence-electron chi connectivity index (χ2n) is 5.42. The maximum Gasteiger partial charge on any atom is 0.234 e. The van der Waals surface area contributed by atoms with Crippen molar-refractivity contribution in [3.05, 3.63) is 53.6 Å². The minimum atomic E-state index is -0.0590. The number of rotatable bonds is 9. The van der Waals surface area contributed by atoms with Gasteiger partial charge in [-0.25, -0.2) is 0 Å². The summed E-state index contributed by atoms with van der Waals surface area (Å²) >= 11 is 0. The Balaban J connectivity index is 1.74. The van der Waals surface area contributed by atoms with E-state index in [-0.39, 0.29) is 12.5 Å². The second kappa shape index (κ2) is 9.54. The lowest BCUT2D eigenvalue weighted by atomic mass is 10.2. The zero-order valence-electron chi connectivity index (χ0n) is 14.8. The third-order valence-electron chi connectivity index (χ3n) is 3.71. The van der Waals surface area contributed by atoms with E-state index in [0.717, 1.165) is 16.9 Å². The van der Waals surface area contributed by atoms with Gasteiger partial charge in [0.2, 0.25) is 5.91 Å². The van der Waals surface area contributed by atoms with Crippen molar-refractivity contribution in [2.75, 3.05) is 27.9 Å². The van der Waals surface area contributed by atoms with E-state index < -0.39 is 0 Å². The van der Waals surface area contributed by atoms with Gasteiger partial charge < -0.3 is 24.8 Å². The zero-order valence-corrected chi connectivity index (χ0v) is 14.8. The van der Waals surface area contributed by atoms with Gasteiger partial charge in [-0.15, -0.1) is 0 Å². The lowest BCUT2D eigenvalue weighted by Crippen LogP contribution is -2.33. The number of methoxy groups -OCH3 is 3. The molecule has 0 heterocycles. The van der Waals surface area contributed by atoms with E-state index in [2.05, 4.69) is 10.6 Å². The molecule has 2 aromatic rings. The Morgan fingerprint density at radius 3 is 2.16 bits per heavy atom. The molecule has 0 saturated carbocycles. The van der Waals surface area contributed by atoms with Crippen LogP contribution in [0.4, 0.5) is 0 Å². The molecular weight excluding hydrogens is 320 g/mol. The first-order chi connectivity index (χ1) is 12.2. The monoisotopic (exact) mass is 344 g/mol. The minimum absolute atomic E-state index is 0.0590. The van der Waals surface area contributed by atoms with Crippen molar-refractivity contribution in [3.8, 4) is 17.2 Å². The van der Waals surface area contributed by atoms with Crippen LogP contribution in [-0.4, -0.2) is 33.8 Å². The standard InChI is InChI=1S/C19H24N2O4/c1-23-16-7-4-14(5-8-16)12-21-19(22)13-20-11-15-6-9-17(24-2)18(10-15)25-3/h4-10,20H,11-13H2,1-3H3,(H,21,22). The molecule has 2 N–H and O–H groups in total. The molecule has 2 aromatic carbocycles. The summed E-state index contributed by atoms with van der Waals surface area (Å²) in [5.41, 5.74) is 2.04. The maximum atomic E-state index is 11.9. The Hall–Kier alpha value is -2.73. The molecule has 6 nitrogen and oxygen atoms in total. The summed E-state index contributed by atoms with van der Waals surface area (Å²) in [4.78, 5) is 11.9. The fourth-order valence-corrected chi connectivity index (χ4v) is 2.32. The lowest BCUT2D eigenvalue weighted by molar-refractivity contribution is -0.120. The molecule has 134 valence electrons. The predicted octanol–water partition coefficient (Wildman–Crippen LogP) is 2.12. The van der Waals surface area contributed by atoms with Gasteiger partial charge >= 0.3 is 0 Å². The summed E-state index contributed by atoms with van der Waals surface area (Å²) in [6.45, 7) is 1.29. The molecular formula is C19H24N2O4. The number of carbonyl (C=O) groups excluding carboxylic acids is 1. The van der Waals surface area contributed by atoms with E-state index in [4.69, 9.17) is 14.2 Å². The highest BCUT2D eigenvalue weighted by molar-refractivity contribution is 5.77. The van der Waals surface area contributed by atoms with Crippen LogP contribution in [0.3, 0.4) is 0 Å². The Kier molecular flexibility index (Phi) is 7.10. The van der Waals surface area contributed by atoms with Crippen molar-refractivity contribution in [1.29, 1.82) is 0 Å². The molecule has 1 amide bonds. The van der Waals surface area contributed by atoms with Crippen molar-refractivity contribution in [2.24, 2.45) is 0 Å². The molecule has 0 aliphatic carbocycles. The van der Waals surface area contributed by atoms with E-state index in [1.54, 1.807) is 21.3 Å². The normalized spacial score (nSPS) is 10.2. The van der Waals surface area contributed by atoms with Gasteiger partial charge in [0.15, 0.2) is 11.5 Å². The van der Waals surface area contributed by atoms with E-state index in [1.807, 2.05) is 42.5 Å². The van der Waals surface area contributed by atoms with Gasteiger partial charge in [-0.3, -0.25) is 4.79 Å². The van der Waals surface area contributed by atoms with Crippen LogP contribution in [0.5, 0.6) is 17.2 Å². The Labute approximate surface area is 148 Å². The summed E-state index contributed by atoms with van der Waals surface area (Å²) in [7, 11) is 4.82. The quantitative estimate of drug-likeness (QED) is 0.729. The van der Waals surface area contributed by atoms with Crippen LogP contribution < -0.4 is 24.8 Å². The summed E-state index contributed by atoms with van der Waals surface area (Å²) in [6.07, 6.45) is 0. The molecule has 0 bridgehead atoms. The number of ether oxygens (including phenoxy) is 3. The molecule has 6 heteroatoms. The van der Waals surface area contributed by atoms with Gasteiger partial charge in [0, 0.05) is 13.1 Å². The Morgan fingerprint density at radius 1 is 0.840 bits per heavy atom. The molecule has 0 atom stereocenters. The molecule has 0 aromatic heterocycles. The van der Waals surface area contributed by atoms with Crippen LogP contribution in [0.1, 0.15) is 11.1 Å². The minimum Gasteiger partial charge on any atom is -0.497 e. The van der Waals surface area contributed by atoms with Crippen LogP contribution in [0.2, 0.25) is 0 Å². The fraction of sp³-hybridized carbons (Fsp3) is 0.316. The van der Waals surface area contributed by atoms with Gasteiger partial charge in [-0.1, -0.05) is 18.2 Å². The first-order valence-corrected chi connectivity index (χ1v) is 7.97. The maximum absolute atomic E-state index is 11.9. The molecule has 0 aliphatic heterocycles. The molecule has 2 rings (SSSR count). The predicted molar refractivity (Wildman–Crippen MR) is 96.1 cm³/mol. The highest BCUT2D eigenvalue weighted by Gasteiger charge is 2.05. The highest BCUT2D eigenvalue weighted by Crippen LogP contribution is 2.27. The number of benzene rings is 2. The van der Waals surface area contributed by atoms with Gasteiger partial charge in [-0.05, 0) is 35.4 Å². The summed E-state index contributed by atoms with van der Waals surface area (Å²) < 4.78 is 15.6. The summed E-state index contributed by atoms with van der Waals surface area (Å²) in [5.74, 6) is 2.09. The highest BCUT2D eigenvalue weighted by atomic mass is 16.5. The van der Waals surface area contributed by atoms with Gasteiger partial charge in [0.05, 0.1) is 27.9 Å². The SMILES string of the molecule is COc1ccc(CNC(=O)CNCc2ccc(OC)c(OC)c2)cc1. The number of amides is 1. The molecule has 0 radical (unpaired) electrons. The lowest BCUT2D eigenvalue weighted by Gasteiger charge is -2.10. The van der Waals surface area contributed by atoms with Crippen molar-refractivity contribution < 1.29 is 19.0 Å². The Bertz CT molecular complexity index is 686. The van der Waals surface area contributed by atoms with Crippen LogP contribution in [0, 0.1) is 0 Å². The largest absolute Gasteiger partial charge is 0.497 e. The fourth-order valence-electron chi connectivity index (χ4n) is 2.32. The van der Waals surface area contributed by atoms with E-state index in [1.165, 1.54) is 0 Å². The van der Waals surface area contributed by atoms with Crippen LogP contribution in [0.25, 0.3) is 0 Å². The van der Waals surface area contributed by atoms with Crippen molar-refractivity contribution >= 4 is 5.91 Å². The zero-order chi connectivity index (χ0) is 18.1. The molecule has 0 aliphatic rings. The second-order valence-corrected chi connectivity index (χ2v) is 5.42. The number of nitrogens with one attached hydrogen (secondary N) is 2. The molecule has 0 spiro atoms. The van der Waals surface area contributed by atoms with Gasteiger partial charge in [0.25, 0.3) is 0 Å². The summed E-state index contributed by atoms with van der Waals surface area (Å²) in [6, 6.07) is 13.3. The van der Waals surface area contributed by atoms with Crippen molar-refractivity contribution in [3.63, 3.8) is 0 Å². The van der Waals surface area contributed by atoms with Gasteiger partial charge in [-0.2, -0.15) is 0 Å². The topological polar surface area (TPSA) is 68.8 Å². The van der Waals surface area contributed by atoms with E-state index in [0.29, 0.717) is 24.6 Å². The van der Waals surface area contributed by atoms with Crippen molar-refractivity contribution in [1.82, 2.24) is 10.6 Å². The number of hydrogen-bond donors (Lipinski definition) is 2. The third kappa shape index (κ3) is 5.69. The van der Waals surface area contributed by atoms with E-state index >= 15 is 0 Å². The number of carbonyl (C=O) groups is 1.